The molecular weight excluding hydrogens is 209 g/mol. The smallest absolute Gasteiger partial charge is 0.422 e. The Morgan fingerprint density at radius 2 is 2.09 bits per heavy atom. The molecule has 0 aromatic carbocycles. The molecule has 0 fully saturated rings. The molecule has 3 nitrogen and oxygen atoms in total. The normalized spacial score (nSPS) is 9.82. The first-order valence-electron chi connectivity index (χ1n) is 3.10. The molecule has 0 atom stereocenters. The molecule has 0 bridgehead atoms. The SMILES string of the molecule is Cc1cc(Br)nc(B(O)O)c1. The monoisotopic (exact) mass is 215 g/mol. The average molecular weight is 216 g/mol. The summed E-state index contributed by atoms with van der Waals surface area (Å²) < 4.78 is 0.612. The lowest BCUT2D eigenvalue weighted by Crippen LogP contribution is -2.32. The van der Waals surface area contributed by atoms with Gasteiger partial charge in [-0.2, -0.15) is 0 Å². The van der Waals surface area contributed by atoms with Gasteiger partial charge in [-0.1, -0.05) is 0 Å². The number of nitrogens with zero attached hydrogens (tertiary/aromatic N) is 1. The van der Waals surface area contributed by atoms with Crippen molar-refractivity contribution in [2.75, 3.05) is 0 Å². The van der Waals surface area contributed by atoms with Crippen LogP contribution >= 0.6 is 15.9 Å². The molecular formula is C6H7BBrNO2. The van der Waals surface area contributed by atoms with Gasteiger partial charge in [-0.3, -0.25) is 0 Å². The predicted octanol–water partition coefficient (Wildman–Crippen LogP) is -0.168. The van der Waals surface area contributed by atoms with Crippen molar-refractivity contribution in [2.45, 2.75) is 6.92 Å². The van der Waals surface area contributed by atoms with Crippen LogP contribution < -0.4 is 5.59 Å². The minimum atomic E-state index is -1.49. The molecule has 0 unspecified atom stereocenters. The van der Waals surface area contributed by atoms with E-state index in [1.54, 1.807) is 12.1 Å². The van der Waals surface area contributed by atoms with Crippen LogP contribution in [-0.4, -0.2) is 22.2 Å². The van der Waals surface area contributed by atoms with Crippen LogP contribution in [0.5, 0.6) is 0 Å². The number of halogens is 1. The fraction of sp³-hybridized carbons (Fsp3) is 0.167. The van der Waals surface area contributed by atoms with E-state index in [1.165, 1.54) is 0 Å². The Morgan fingerprint density at radius 1 is 1.45 bits per heavy atom. The molecule has 11 heavy (non-hydrogen) atoms. The van der Waals surface area contributed by atoms with Gasteiger partial charge in [0.05, 0.1) is 5.59 Å². The van der Waals surface area contributed by atoms with Gasteiger partial charge in [0.15, 0.2) is 0 Å². The number of hydrogen-bond donors (Lipinski definition) is 2. The fourth-order valence-electron chi connectivity index (χ4n) is 0.783. The molecule has 2 N–H and O–H groups in total. The van der Waals surface area contributed by atoms with E-state index in [2.05, 4.69) is 20.9 Å². The molecule has 1 rings (SSSR count). The Labute approximate surface area is 73.4 Å². The molecule has 1 heterocycles. The molecule has 0 amide bonds. The van der Waals surface area contributed by atoms with Crippen molar-refractivity contribution in [3.8, 4) is 0 Å². The summed E-state index contributed by atoms with van der Waals surface area (Å²) in [5.74, 6) is 0. The van der Waals surface area contributed by atoms with Crippen LogP contribution in [0.4, 0.5) is 0 Å². The Hall–Kier alpha value is -0.385. The van der Waals surface area contributed by atoms with Crippen LogP contribution in [-0.2, 0) is 0 Å². The highest BCUT2D eigenvalue weighted by Gasteiger charge is 2.12. The number of aryl methyl sites for hydroxylation is 1. The van der Waals surface area contributed by atoms with E-state index in [9.17, 15) is 0 Å². The zero-order valence-electron chi connectivity index (χ0n) is 5.95. The van der Waals surface area contributed by atoms with Gasteiger partial charge >= 0.3 is 7.12 Å². The quantitative estimate of drug-likeness (QED) is 0.506. The lowest BCUT2D eigenvalue weighted by atomic mass is 9.85. The standard InChI is InChI=1S/C6H7BBrNO2/c1-4-2-5(7(10)11)9-6(8)3-4/h2-3,10-11H,1H3. The van der Waals surface area contributed by atoms with Crippen molar-refractivity contribution in [2.24, 2.45) is 0 Å². The number of rotatable bonds is 1. The molecule has 0 radical (unpaired) electrons. The van der Waals surface area contributed by atoms with Crippen molar-refractivity contribution in [3.05, 3.63) is 22.3 Å². The summed E-state index contributed by atoms with van der Waals surface area (Å²) in [6.45, 7) is 1.86. The Morgan fingerprint density at radius 3 is 2.55 bits per heavy atom. The average Bonchev–Trinajstić information content (AvgIpc) is 1.85. The maximum absolute atomic E-state index is 8.74. The van der Waals surface area contributed by atoms with Crippen LogP contribution in [0, 0.1) is 6.92 Å². The highest BCUT2D eigenvalue weighted by Crippen LogP contribution is 2.05. The number of hydrogen-bond acceptors (Lipinski definition) is 3. The summed E-state index contributed by atoms with van der Waals surface area (Å²) in [6, 6.07) is 3.42. The third kappa shape index (κ3) is 2.29. The third-order valence-corrected chi connectivity index (χ3v) is 1.63. The highest BCUT2D eigenvalue weighted by molar-refractivity contribution is 9.10. The summed E-state index contributed by atoms with van der Waals surface area (Å²) in [5, 5.41) is 17.5. The molecule has 0 aliphatic carbocycles. The van der Waals surface area contributed by atoms with Gasteiger partial charge in [0.25, 0.3) is 0 Å². The van der Waals surface area contributed by atoms with Gasteiger partial charge in [-0.05, 0) is 40.5 Å². The minimum absolute atomic E-state index is 0.261. The van der Waals surface area contributed by atoms with Gasteiger partial charge in [0, 0.05) is 0 Å². The van der Waals surface area contributed by atoms with Crippen molar-refractivity contribution in [1.29, 1.82) is 0 Å². The van der Waals surface area contributed by atoms with E-state index in [0.717, 1.165) is 5.56 Å². The van der Waals surface area contributed by atoms with Crippen LogP contribution in [0.15, 0.2) is 16.7 Å². The van der Waals surface area contributed by atoms with Crippen molar-refractivity contribution in [3.63, 3.8) is 0 Å². The molecule has 1 aromatic rings. The summed E-state index contributed by atoms with van der Waals surface area (Å²) in [7, 11) is -1.49. The Bertz CT molecular complexity index is 247. The molecule has 0 spiro atoms. The maximum Gasteiger partial charge on any atom is 0.508 e. The predicted molar refractivity (Wildman–Crippen MR) is 46.5 cm³/mol. The van der Waals surface area contributed by atoms with Crippen LogP contribution in [0.25, 0.3) is 0 Å². The van der Waals surface area contributed by atoms with Crippen molar-refractivity contribution in [1.82, 2.24) is 4.98 Å². The summed E-state index contributed by atoms with van der Waals surface area (Å²) in [6.07, 6.45) is 0. The summed E-state index contributed by atoms with van der Waals surface area (Å²) >= 11 is 3.15. The largest absolute Gasteiger partial charge is 0.508 e. The lowest BCUT2D eigenvalue weighted by molar-refractivity contribution is 0.424. The molecule has 0 saturated heterocycles. The van der Waals surface area contributed by atoms with Crippen LogP contribution in [0.2, 0.25) is 0 Å². The molecule has 0 aliphatic heterocycles. The van der Waals surface area contributed by atoms with Gasteiger partial charge < -0.3 is 10.0 Å². The number of pyridine rings is 1. The van der Waals surface area contributed by atoms with Crippen molar-refractivity contribution >= 4 is 28.6 Å². The second-order valence-corrected chi connectivity index (χ2v) is 3.08. The Kier molecular flexibility index (Phi) is 2.65. The highest BCUT2D eigenvalue weighted by atomic mass is 79.9. The first kappa shape index (κ1) is 8.71. The van der Waals surface area contributed by atoms with E-state index >= 15 is 0 Å². The summed E-state index contributed by atoms with van der Waals surface area (Å²) in [5.41, 5.74) is 1.20. The van der Waals surface area contributed by atoms with Crippen LogP contribution in [0.1, 0.15) is 5.56 Å². The summed E-state index contributed by atoms with van der Waals surface area (Å²) in [4.78, 5) is 3.85. The molecule has 58 valence electrons. The van der Waals surface area contributed by atoms with E-state index in [0.29, 0.717) is 4.60 Å². The number of aromatic nitrogens is 1. The topological polar surface area (TPSA) is 53.4 Å². The maximum atomic E-state index is 8.74. The van der Waals surface area contributed by atoms with Gasteiger partial charge in [0.1, 0.15) is 4.60 Å². The molecule has 0 saturated carbocycles. The second-order valence-electron chi connectivity index (χ2n) is 2.27. The molecule has 0 aliphatic rings. The molecule has 1 aromatic heterocycles. The third-order valence-electron chi connectivity index (χ3n) is 1.22. The van der Waals surface area contributed by atoms with Crippen molar-refractivity contribution < 1.29 is 10.0 Å². The van der Waals surface area contributed by atoms with E-state index in [-0.39, 0.29) is 5.59 Å². The lowest BCUT2D eigenvalue weighted by Gasteiger charge is -2.00. The minimum Gasteiger partial charge on any atom is -0.422 e. The van der Waals surface area contributed by atoms with Crippen LogP contribution in [0.3, 0.4) is 0 Å². The van der Waals surface area contributed by atoms with Gasteiger partial charge in [-0.15, -0.1) is 0 Å². The first-order chi connectivity index (χ1) is 5.09. The van der Waals surface area contributed by atoms with Gasteiger partial charge in [-0.25, -0.2) is 4.98 Å². The second kappa shape index (κ2) is 3.34. The van der Waals surface area contributed by atoms with E-state index in [4.69, 9.17) is 10.0 Å². The fourth-order valence-corrected chi connectivity index (χ4v) is 1.35. The zero-order valence-corrected chi connectivity index (χ0v) is 7.54. The molecule has 5 heteroatoms. The van der Waals surface area contributed by atoms with E-state index < -0.39 is 7.12 Å². The first-order valence-corrected chi connectivity index (χ1v) is 3.89. The van der Waals surface area contributed by atoms with Gasteiger partial charge in [0.2, 0.25) is 0 Å². The Balaban J connectivity index is 3.08. The van der Waals surface area contributed by atoms with E-state index in [1.807, 2.05) is 6.92 Å². The zero-order chi connectivity index (χ0) is 8.43.